The van der Waals surface area contributed by atoms with Gasteiger partial charge in [0.2, 0.25) is 0 Å². The Morgan fingerprint density at radius 2 is 2.29 bits per heavy atom. The molecule has 1 heterocycles. The maximum Gasteiger partial charge on any atom is 0.0327 e. The Hall–Kier alpha value is -0.380. The Kier molecular flexibility index (Phi) is 4.58. The standard InChI is InChI=1S/C11H20N2S/c1-9(6-12)7-13(3)8-11-10(2)4-5-14-11/h4-5,9H,6-8,12H2,1-3H3. The van der Waals surface area contributed by atoms with E-state index in [1.807, 2.05) is 11.3 Å². The number of nitrogens with two attached hydrogens (primary N) is 1. The van der Waals surface area contributed by atoms with E-state index in [0.717, 1.165) is 19.6 Å². The number of thiophene rings is 1. The Bertz CT molecular complexity index is 270. The highest BCUT2D eigenvalue weighted by atomic mass is 32.1. The van der Waals surface area contributed by atoms with Gasteiger partial charge in [-0.2, -0.15) is 0 Å². The van der Waals surface area contributed by atoms with Crippen molar-refractivity contribution >= 4 is 11.3 Å². The van der Waals surface area contributed by atoms with Crippen molar-refractivity contribution < 1.29 is 0 Å². The second-order valence-electron chi connectivity index (χ2n) is 4.06. The minimum Gasteiger partial charge on any atom is -0.330 e. The van der Waals surface area contributed by atoms with Crippen molar-refractivity contribution in [1.82, 2.24) is 4.90 Å². The minimum absolute atomic E-state index is 0.584. The van der Waals surface area contributed by atoms with Gasteiger partial charge in [-0.1, -0.05) is 6.92 Å². The fourth-order valence-electron chi connectivity index (χ4n) is 1.48. The summed E-state index contributed by atoms with van der Waals surface area (Å²) in [5, 5.41) is 2.16. The van der Waals surface area contributed by atoms with Gasteiger partial charge in [0.25, 0.3) is 0 Å². The molecular weight excluding hydrogens is 192 g/mol. The third-order valence-electron chi connectivity index (χ3n) is 2.41. The van der Waals surface area contributed by atoms with E-state index < -0.39 is 0 Å². The molecule has 0 spiro atoms. The molecule has 0 saturated carbocycles. The fraction of sp³-hybridized carbons (Fsp3) is 0.636. The number of aryl methyl sites for hydroxylation is 1. The highest BCUT2D eigenvalue weighted by Crippen LogP contribution is 2.17. The normalized spacial score (nSPS) is 13.5. The highest BCUT2D eigenvalue weighted by molar-refractivity contribution is 7.10. The van der Waals surface area contributed by atoms with Crippen molar-refractivity contribution in [2.45, 2.75) is 20.4 Å². The van der Waals surface area contributed by atoms with E-state index in [0.29, 0.717) is 5.92 Å². The summed E-state index contributed by atoms with van der Waals surface area (Å²) in [4.78, 5) is 3.81. The van der Waals surface area contributed by atoms with Gasteiger partial charge in [-0.15, -0.1) is 11.3 Å². The summed E-state index contributed by atoms with van der Waals surface area (Å²) >= 11 is 1.84. The summed E-state index contributed by atoms with van der Waals surface area (Å²) in [6.45, 7) is 7.26. The number of hydrogen-bond acceptors (Lipinski definition) is 3. The molecule has 1 aromatic heterocycles. The summed E-state index contributed by atoms with van der Waals surface area (Å²) in [5.74, 6) is 0.584. The van der Waals surface area contributed by atoms with Crippen LogP contribution in [0.1, 0.15) is 17.4 Å². The average Bonchev–Trinajstić information content (AvgIpc) is 2.51. The zero-order valence-corrected chi connectivity index (χ0v) is 10.1. The predicted octanol–water partition coefficient (Wildman–Crippen LogP) is 2.08. The average molecular weight is 212 g/mol. The van der Waals surface area contributed by atoms with Crippen LogP contribution in [0.25, 0.3) is 0 Å². The second kappa shape index (κ2) is 5.49. The van der Waals surface area contributed by atoms with E-state index in [4.69, 9.17) is 5.73 Å². The molecule has 2 N–H and O–H groups in total. The monoisotopic (exact) mass is 212 g/mol. The van der Waals surface area contributed by atoms with E-state index in [-0.39, 0.29) is 0 Å². The smallest absolute Gasteiger partial charge is 0.0327 e. The molecule has 1 aromatic rings. The van der Waals surface area contributed by atoms with Crippen molar-refractivity contribution in [2.75, 3.05) is 20.1 Å². The molecular formula is C11H20N2S. The third kappa shape index (κ3) is 3.40. The molecule has 1 rings (SSSR count). The van der Waals surface area contributed by atoms with Gasteiger partial charge in [0.15, 0.2) is 0 Å². The summed E-state index contributed by atoms with van der Waals surface area (Å²) in [6.07, 6.45) is 0. The number of hydrogen-bond donors (Lipinski definition) is 1. The van der Waals surface area contributed by atoms with Crippen LogP contribution in [0.2, 0.25) is 0 Å². The van der Waals surface area contributed by atoms with Crippen molar-refractivity contribution in [3.63, 3.8) is 0 Å². The number of nitrogens with zero attached hydrogens (tertiary/aromatic N) is 1. The molecule has 80 valence electrons. The third-order valence-corrected chi connectivity index (χ3v) is 3.42. The molecule has 1 unspecified atom stereocenters. The maximum absolute atomic E-state index is 5.60. The van der Waals surface area contributed by atoms with E-state index in [9.17, 15) is 0 Å². The lowest BCUT2D eigenvalue weighted by atomic mass is 10.1. The summed E-state index contributed by atoms with van der Waals surface area (Å²) in [6, 6.07) is 2.18. The maximum atomic E-state index is 5.60. The molecule has 0 radical (unpaired) electrons. The van der Waals surface area contributed by atoms with Crippen LogP contribution in [0.3, 0.4) is 0 Å². The summed E-state index contributed by atoms with van der Waals surface area (Å²) < 4.78 is 0. The Balaban J connectivity index is 2.41. The molecule has 3 heteroatoms. The molecule has 14 heavy (non-hydrogen) atoms. The number of rotatable bonds is 5. The lowest BCUT2D eigenvalue weighted by Gasteiger charge is -2.19. The lowest BCUT2D eigenvalue weighted by molar-refractivity contribution is 0.283. The fourth-order valence-corrected chi connectivity index (χ4v) is 2.47. The summed E-state index contributed by atoms with van der Waals surface area (Å²) in [7, 11) is 2.16. The van der Waals surface area contributed by atoms with Crippen LogP contribution in [0.5, 0.6) is 0 Å². The first-order chi connectivity index (χ1) is 6.63. The van der Waals surface area contributed by atoms with Gasteiger partial charge in [0.1, 0.15) is 0 Å². The summed E-state index contributed by atoms with van der Waals surface area (Å²) in [5.41, 5.74) is 7.00. The van der Waals surface area contributed by atoms with Gasteiger partial charge >= 0.3 is 0 Å². The molecule has 2 nitrogen and oxygen atoms in total. The first kappa shape index (κ1) is 11.7. The Morgan fingerprint density at radius 1 is 1.57 bits per heavy atom. The van der Waals surface area contributed by atoms with Gasteiger partial charge in [0, 0.05) is 18.0 Å². The molecule has 0 amide bonds. The van der Waals surface area contributed by atoms with E-state index in [2.05, 4.69) is 37.2 Å². The van der Waals surface area contributed by atoms with Gasteiger partial charge in [0.05, 0.1) is 0 Å². The molecule has 0 aliphatic heterocycles. The van der Waals surface area contributed by atoms with Crippen LogP contribution in [-0.4, -0.2) is 25.0 Å². The Labute approximate surface area is 90.7 Å². The van der Waals surface area contributed by atoms with E-state index in [1.54, 1.807) is 0 Å². The zero-order chi connectivity index (χ0) is 10.6. The lowest BCUT2D eigenvalue weighted by Crippen LogP contribution is -2.27. The molecule has 1 atom stereocenters. The van der Waals surface area contributed by atoms with Crippen molar-refractivity contribution in [3.05, 3.63) is 21.9 Å². The molecule has 0 fully saturated rings. The molecule has 0 aliphatic carbocycles. The zero-order valence-electron chi connectivity index (χ0n) is 9.29. The van der Waals surface area contributed by atoms with Gasteiger partial charge in [-0.3, -0.25) is 0 Å². The van der Waals surface area contributed by atoms with E-state index in [1.165, 1.54) is 10.4 Å². The molecule has 0 bridgehead atoms. The predicted molar refractivity (Wildman–Crippen MR) is 63.6 cm³/mol. The van der Waals surface area contributed by atoms with Crippen LogP contribution in [0, 0.1) is 12.8 Å². The minimum atomic E-state index is 0.584. The molecule has 0 aliphatic rings. The molecule has 0 aromatic carbocycles. The van der Waals surface area contributed by atoms with E-state index >= 15 is 0 Å². The topological polar surface area (TPSA) is 29.3 Å². The van der Waals surface area contributed by atoms with Crippen molar-refractivity contribution in [2.24, 2.45) is 11.7 Å². The molecule has 0 saturated heterocycles. The first-order valence-electron chi connectivity index (χ1n) is 5.05. The van der Waals surface area contributed by atoms with Crippen LogP contribution < -0.4 is 5.73 Å². The van der Waals surface area contributed by atoms with Crippen LogP contribution in [0.4, 0.5) is 0 Å². The van der Waals surface area contributed by atoms with Crippen molar-refractivity contribution in [1.29, 1.82) is 0 Å². The van der Waals surface area contributed by atoms with Crippen LogP contribution in [0.15, 0.2) is 11.4 Å². The highest BCUT2D eigenvalue weighted by Gasteiger charge is 2.07. The SMILES string of the molecule is Cc1ccsc1CN(C)CC(C)CN. The van der Waals surface area contributed by atoms with Gasteiger partial charge in [-0.05, 0) is 43.4 Å². The largest absolute Gasteiger partial charge is 0.330 e. The van der Waals surface area contributed by atoms with Gasteiger partial charge in [-0.25, -0.2) is 0 Å². The van der Waals surface area contributed by atoms with Crippen LogP contribution >= 0.6 is 11.3 Å². The first-order valence-corrected chi connectivity index (χ1v) is 5.93. The second-order valence-corrected chi connectivity index (χ2v) is 5.07. The van der Waals surface area contributed by atoms with Crippen LogP contribution in [-0.2, 0) is 6.54 Å². The van der Waals surface area contributed by atoms with Crippen molar-refractivity contribution in [3.8, 4) is 0 Å². The quantitative estimate of drug-likeness (QED) is 0.809. The Morgan fingerprint density at radius 3 is 2.79 bits per heavy atom. The van der Waals surface area contributed by atoms with Gasteiger partial charge < -0.3 is 10.6 Å².